The summed E-state index contributed by atoms with van der Waals surface area (Å²) in [6.07, 6.45) is 4.39. The van der Waals surface area contributed by atoms with Crippen molar-refractivity contribution in [3.8, 4) is 0 Å². The second-order valence-electron chi connectivity index (χ2n) is 5.64. The normalized spacial score (nSPS) is 36.2. The molecule has 3 heteroatoms. The molecule has 2 atom stereocenters. The van der Waals surface area contributed by atoms with E-state index in [2.05, 4.69) is 19.2 Å². The topological polar surface area (TPSA) is 30.5 Å². The van der Waals surface area contributed by atoms with E-state index >= 15 is 0 Å². The first kappa shape index (κ1) is 11.4. The molecule has 1 saturated heterocycles. The van der Waals surface area contributed by atoms with Gasteiger partial charge in [0.2, 0.25) is 0 Å². The molecule has 0 radical (unpaired) electrons. The third-order valence-corrected chi connectivity index (χ3v) is 3.68. The van der Waals surface area contributed by atoms with Crippen molar-refractivity contribution in [2.75, 3.05) is 20.3 Å². The minimum absolute atomic E-state index is 0.347. The quantitative estimate of drug-likeness (QED) is 0.772. The third kappa shape index (κ3) is 2.71. The highest BCUT2D eigenvalue weighted by molar-refractivity contribution is 4.90. The van der Waals surface area contributed by atoms with E-state index in [1.54, 1.807) is 0 Å². The van der Waals surface area contributed by atoms with Crippen molar-refractivity contribution < 1.29 is 9.47 Å². The minimum Gasteiger partial charge on any atom is -0.376 e. The lowest BCUT2D eigenvalue weighted by atomic mass is 9.74. The first-order chi connectivity index (χ1) is 7.11. The summed E-state index contributed by atoms with van der Waals surface area (Å²) in [5, 5.41) is 3.38. The summed E-state index contributed by atoms with van der Waals surface area (Å²) in [6, 6.07) is 0.527. The molecule has 2 unspecified atom stereocenters. The molecule has 0 bridgehead atoms. The second kappa shape index (κ2) is 4.40. The Bertz CT molecular complexity index is 214. The van der Waals surface area contributed by atoms with Crippen LogP contribution in [0.25, 0.3) is 0 Å². The first-order valence-electron chi connectivity index (χ1n) is 6.01. The molecule has 1 N–H and O–H groups in total. The molecule has 1 saturated carbocycles. The van der Waals surface area contributed by atoms with E-state index in [-0.39, 0.29) is 0 Å². The molecule has 0 amide bonds. The van der Waals surface area contributed by atoms with Gasteiger partial charge in [-0.3, -0.25) is 0 Å². The van der Waals surface area contributed by atoms with Gasteiger partial charge in [-0.1, -0.05) is 13.8 Å². The van der Waals surface area contributed by atoms with Crippen LogP contribution in [0.5, 0.6) is 0 Å². The number of ether oxygens (including phenoxy) is 2. The molecule has 0 spiro atoms. The Hall–Kier alpha value is -0.120. The highest BCUT2D eigenvalue weighted by Gasteiger charge is 2.37. The van der Waals surface area contributed by atoms with Gasteiger partial charge in [0, 0.05) is 6.04 Å². The fraction of sp³-hybridized carbons (Fsp3) is 1.00. The van der Waals surface area contributed by atoms with Crippen LogP contribution in [-0.4, -0.2) is 38.5 Å². The van der Waals surface area contributed by atoms with Crippen molar-refractivity contribution in [1.82, 2.24) is 5.32 Å². The predicted octanol–water partition coefficient (Wildman–Crippen LogP) is 1.57. The van der Waals surface area contributed by atoms with Crippen LogP contribution in [0.2, 0.25) is 0 Å². The first-order valence-corrected chi connectivity index (χ1v) is 6.01. The van der Waals surface area contributed by atoms with Gasteiger partial charge in [0.25, 0.3) is 0 Å². The molecule has 1 aliphatic heterocycles. The summed E-state index contributed by atoms with van der Waals surface area (Å²) in [4.78, 5) is 0. The van der Waals surface area contributed by atoms with Crippen molar-refractivity contribution >= 4 is 0 Å². The minimum atomic E-state index is 0.347. The molecule has 1 heterocycles. The Balaban J connectivity index is 1.90. The maximum atomic E-state index is 6.08. The van der Waals surface area contributed by atoms with Gasteiger partial charge >= 0.3 is 0 Å². The van der Waals surface area contributed by atoms with Crippen molar-refractivity contribution in [3.63, 3.8) is 0 Å². The molecule has 88 valence electrons. The zero-order valence-electron chi connectivity index (χ0n) is 10.1. The molecule has 15 heavy (non-hydrogen) atoms. The van der Waals surface area contributed by atoms with Gasteiger partial charge in [0.15, 0.2) is 0 Å². The number of hydrogen-bond donors (Lipinski definition) is 1. The van der Waals surface area contributed by atoms with Crippen LogP contribution in [0.1, 0.15) is 33.1 Å². The van der Waals surface area contributed by atoms with Gasteiger partial charge in [-0.15, -0.1) is 0 Å². The standard InChI is InChI=1S/C12H23NO2/c1-12(2)5-4-10(13-3)11(6-12)15-9-7-14-8-9/h9-11,13H,4-8H2,1-3H3. The van der Waals surface area contributed by atoms with Crippen LogP contribution >= 0.6 is 0 Å². The van der Waals surface area contributed by atoms with Crippen molar-refractivity contribution in [1.29, 1.82) is 0 Å². The average Bonchev–Trinajstić information content (AvgIpc) is 2.10. The van der Waals surface area contributed by atoms with Gasteiger partial charge in [-0.05, 0) is 31.7 Å². The molecule has 2 aliphatic rings. The summed E-state index contributed by atoms with van der Waals surface area (Å²) in [5.74, 6) is 0. The number of rotatable bonds is 3. The molecule has 3 nitrogen and oxygen atoms in total. The highest BCUT2D eigenvalue weighted by atomic mass is 16.6. The SMILES string of the molecule is CNC1CCC(C)(C)CC1OC1COC1. The summed E-state index contributed by atoms with van der Waals surface area (Å²) in [7, 11) is 2.04. The van der Waals surface area contributed by atoms with Gasteiger partial charge in [-0.2, -0.15) is 0 Å². The van der Waals surface area contributed by atoms with Crippen LogP contribution in [0.4, 0.5) is 0 Å². The maximum absolute atomic E-state index is 6.08. The zero-order valence-corrected chi connectivity index (χ0v) is 10.1. The third-order valence-electron chi connectivity index (χ3n) is 3.68. The number of likely N-dealkylation sites (N-methyl/N-ethyl adjacent to an activating group) is 1. The Kier molecular flexibility index (Phi) is 3.33. The molecule has 1 aliphatic carbocycles. The Morgan fingerprint density at radius 1 is 1.33 bits per heavy atom. The fourth-order valence-electron chi connectivity index (χ4n) is 2.53. The Morgan fingerprint density at radius 2 is 2.07 bits per heavy atom. The summed E-state index contributed by atoms with van der Waals surface area (Å²) < 4.78 is 11.2. The molecular weight excluding hydrogens is 190 g/mol. The van der Waals surface area contributed by atoms with Crippen LogP contribution < -0.4 is 5.32 Å². The summed E-state index contributed by atoms with van der Waals surface area (Å²) in [5.41, 5.74) is 0.433. The van der Waals surface area contributed by atoms with Crippen molar-refractivity contribution in [3.05, 3.63) is 0 Å². The van der Waals surface area contributed by atoms with Gasteiger partial charge in [0.05, 0.1) is 19.3 Å². The summed E-state index contributed by atoms with van der Waals surface area (Å²) in [6.45, 7) is 6.25. The molecular formula is C12H23NO2. The molecule has 0 aromatic carbocycles. The van der Waals surface area contributed by atoms with Crippen molar-refractivity contribution in [2.45, 2.75) is 51.4 Å². The van der Waals surface area contributed by atoms with E-state index in [0.717, 1.165) is 19.6 Å². The van der Waals surface area contributed by atoms with E-state index in [0.29, 0.717) is 23.7 Å². The van der Waals surface area contributed by atoms with Gasteiger partial charge < -0.3 is 14.8 Å². The number of nitrogens with one attached hydrogen (secondary N) is 1. The molecule has 0 aromatic heterocycles. The van der Waals surface area contributed by atoms with E-state index in [9.17, 15) is 0 Å². The monoisotopic (exact) mass is 213 g/mol. The number of hydrogen-bond acceptors (Lipinski definition) is 3. The fourth-order valence-corrected chi connectivity index (χ4v) is 2.53. The Morgan fingerprint density at radius 3 is 2.60 bits per heavy atom. The van der Waals surface area contributed by atoms with Crippen LogP contribution in [0, 0.1) is 5.41 Å². The van der Waals surface area contributed by atoms with E-state index < -0.39 is 0 Å². The highest BCUT2D eigenvalue weighted by Crippen LogP contribution is 2.37. The average molecular weight is 213 g/mol. The molecule has 2 fully saturated rings. The van der Waals surface area contributed by atoms with E-state index in [1.807, 2.05) is 7.05 Å². The van der Waals surface area contributed by atoms with Crippen molar-refractivity contribution in [2.24, 2.45) is 5.41 Å². The summed E-state index contributed by atoms with van der Waals surface area (Å²) >= 11 is 0. The lowest BCUT2D eigenvalue weighted by Gasteiger charge is -2.43. The maximum Gasteiger partial charge on any atom is 0.105 e. The zero-order chi connectivity index (χ0) is 10.9. The van der Waals surface area contributed by atoms with E-state index in [1.165, 1.54) is 12.8 Å². The smallest absolute Gasteiger partial charge is 0.105 e. The second-order valence-corrected chi connectivity index (χ2v) is 5.64. The van der Waals surface area contributed by atoms with Gasteiger partial charge in [-0.25, -0.2) is 0 Å². The lowest BCUT2D eigenvalue weighted by Crippen LogP contribution is -2.50. The van der Waals surface area contributed by atoms with Crippen LogP contribution in [0.3, 0.4) is 0 Å². The molecule has 0 aromatic rings. The predicted molar refractivity (Wildman–Crippen MR) is 60.0 cm³/mol. The lowest BCUT2D eigenvalue weighted by molar-refractivity contribution is -0.172. The van der Waals surface area contributed by atoms with Crippen LogP contribution in [-0.2, 0) is 9.47 Å². The Labute approximate surface area is 92.5 Å². The van der Waals surface area contributed by atoms with E-state index in [4.69, 9.17) is 9.47 Å². The molecule has 2 rings (SSSR count). The van der Waals surface area contributed by atoms with Gasteiger partial charge in [0.1, 0.15) is 6.10 Å². The largest absolute Gasteiger partial charge is 0.376 e. The van der Waals surface area contributed by atoms with Crippen LogP contribution in [0.15, 0.2) is 0 Å².